The summed E-state index contributed by atoms with van der Waals surface area (Å²) in [7, 11) is 0. The van der Waals surface area contributed by atoms with E-state index in [9.17, 15) is 0 Å². The molecule has 0 unspecified atom stereocenters. The van der Waals surface area contributed by atoms with E-state index in [2.05, 4.69) is 63.3 Å². The van der Waals surface area contributed by atoms with Gasteiger partial charge in [0.2, 0.25) is 0 Å². The molecule has 0 nitrogen and oxygen atoms in total. The van der Waals surface area contributed by atoms with Gasteiger partial charge in [-0.15, -0.1) is 0 Å². The summed E-state index contributed by atoms with van der Waals surface area (Å²) in [6, 6.07) is 11.2. The Morgan fingerprint density at radius 3 is 2.33 bits per heavy atom. The molecule has 0 atom stereocenters. The number of hydrogen-bond acceptors (Lipinski definition) is 0. The highest BCUT2D eigenvalue weighted by Crippen LogP contribution is 2.21. The summed E-state index contributed by atoms with van der Waals surface area (Å²) in [6.07, 6.45) is 5.35. The van der Waals surface area contributed by atoms with Gasteiger partial charge in [-0.2, -0.15) is 0 Å². The molecule has 0 radical (unpaired) electrons. The summed E-state index contributed by atoms with van der Waals surface area (Å²) in [4.78, 5) is 0. The van der Waals surface area contributed by atoms with Gasteiger partial charge in [0.25, 0.3) is 0 Å². The molecule has 2 rings (SSSR count). The smallest absolute Gasteiger partial charge is 0.00947 e. The highest BCUT2D eigenvalue weighted by Gasteiger charge is 2.00. The average molecular weight is 240 g/mol. The summed E-state index contributed by atoms with van der Waals surface area (Å²) in [5, 5.41) is 2.69. The van der Waals surface area contributed by atoms with E-state index in [4.69, 9.17) is 0 Å². The van der Waals surface area contributed by atoms with Crippen LogP contribution in [0, 0.1) is 13.8 Å². The molecule has 96 valence electrons. The predicted molar refractivity (Wildman–Crippen MR) is 83.3 cm³/mol. The first-order valence-electron chi connectivity index (χ1n) is 6.82. The zero-order valence-electron chi connectivity index (χ0n) is 12.2. The Hall–Kier alpha value is -1.56. The maximum Gasteiger partial charge on any atom is -0.00947 e. The summed E-state index contributed by atoms with van der Waals surface area (Å²) in [6.45, 7) is 10.4. The maximum atomic E-state index is 2.31. The van der Waals surface area contributed by atoms with Crippen LogP contribution in [0.1, 0.15) is 37.5 Å². The fraction of sp³-hybridized carbons (Fsp3) is 0.333. The molecule has 0 N–H and O–H groups in total. The van der Waals surface area contributed by atoms with Crippen molar-refractivity contribution in [3.63, 3.8) is 0 Å². The van der Waals surface area contributed by atoms with Crippen LogP contribution in [0.3, 0.4) is 0 Å². The molecular formula is C18H24. The number of allylic oxidation sites excluding steroid dienone is 2. The van der Waals surface area contributed by atoms with Crippen LogP contribution in [0.4, 0.5) is 0 Å². The van der Waals surface area contributed by atoms with Crippen molar-refractivity contribution >= 4 is 10.8 Å². The quantitative estimate of drug-likeness (QED) is 0.599. The lowest BCUT2D eigenvalue weighted by molar-refractivity contribution is 1.22. The van der Waals surface area contributed by atoms with E-state index in [1.54, 1.807) is 0 Å². The molecule has 18 heavy (non-hydrogen) atoms. The zero-order chi connectivity index (χ0) is 13.5. The van der Waals surface area contributed by atoms with Crippen LogP contribution in [0.25, 0.3) is 10.8 Å². The first-order valence-corrected chi connectivity index (χ1v) is 6.82. The second kappa shape index (κ2) is 7.00. The molecule has 2 aromatic rings. The van der Waals surface area contributed by atoms with E-state index in [1.807, 2.05) is 13.8 Å². The van der Waals surface area contributed by atoms with Crippen LogP contribution in [0.2, 0.25) is 0 Å². The second-order valence-electron chi connectivity index (χ2n) is 4.40. The Morgan fingerprint density at radius 1 is 0.944 bits per heavy atom. The van der Waals surface area contributed by atoms with Crippen molar-refractivity contribution in [2.75, 3.05) is 0 Å². The topological polar surface area (TPSA) is 0 Å². The summed E-state index contributed by atoms with van der Waals surface area (Å²) < 4.78 is 0. The molecule has 0 heteroatoms. The van der Waals surface area contributed by atoms with Crippen molar-refractivity contribution < 1.29 is 0 Å². The Morgan fingerprint density at radius 2 is 1.67 bits per heavy atom. The summed E-state index contributed by atoms with van der Waals surface area (Å²) in [5.74, 6) is 0. The fourth-order valence-electron chi connectivity index (χ4n) is 2.04. The van der Waals surface area contributed by atoms with E-state index in [0.29, 0.717) is 0 Å². The molecule has 0 saturated heterocycles. The molecule has 0 amide bonds. The molecule has 0 spiro atoms. The zero-order valence-corrected chi connectivity index (χ0v) is 12.2. The largest absolute Gasteiger partial charge is 0.0913 e. The summed E-state index contributed by atoms with van der Waals surface area (Å²) >= 11 is 0. The fourth-order valence-corrected chi connectivity index (χ4v) is 2.04. The lowest BCUT2D eigenvalue weighted by atomic mass is 9.98. The molecule has 2 aromatic carbocycles. The van der Waals surface area contributed by atoms with Crippen LogP contribution in [-0.4, -0.2) is 0 Å². The van der Waals surface area contributed by atoms with E-state index >= 15 is 0 Å². The van der Waals surface area contributed by atoms with Crippen LogP contribution in [0.15, 0.2) is 42.5 Å². The molecule has 0 heterocycles. The van der Waals surface area contributed by atoms with Crippen molar-refractivity contribution in [2.45, 2.75) is 41.0 Å². The lowest BCUT2D eigenvalue weighted by Gasteiger charge is -2.07. The minimum Gasteiger partial charge on any atom is -0.0913 e. The highest BCUT2D eigenvalue weighted by atomic mass is 14.0. The Balaban J connectivity index is 0.000000771. The lowest BCUT2D eigenvalue weighted by Crippen LogP contribution is -1.88. The molecule has 0 aliphatic carbocycles. The van der Waals surface area contributed by atoms with Gasteiger partial charge in [-0.1, -0.05) is 61.9 Å². The second-order valence-corrected chi connectivity index (χ2v) is 4.40. The number of fused-ring (bicyclic) bond motifs is 1. The van der Waals surface area contributed by atoms with Crippen molar-refractivity contribution in [3.8, 4) is 0 Å². The Labute approximate surface area is 111 Å². The minimum absolute atomic E-state index is 1.03. The highest BCUT2D eigenvalue weighted by molar-refractivity contribution is 5.84. The minimum atomic E-state index is 1.03. The normalized spacial score (nSPS) is 10.5. The standard InChI is InChI=1S/C16H18.C2H6/c1-4-5-6-14-11-15-8-7-12(2)9-16(15)10-13(14)3;1-2/h4-5,7-11H,6H2,1-3H3;1-2H3/b5-4-;. The van der Waals surface area contributed by atoms with Gasteiger partial charge in [0.1, 0.15) is 0 Å². The number of rotatable bonds is 2. The van der Waals surface area contributed by atoms with Gasteiger partial charge >= 0.3 is 0 Å². The third kappa shape index (κ3) is 3.46. The van der Waals surface area contributed by atoms with Crippen molar-refractivity contribution in [2.24, 2.45) is 0 Å². The molecule has 0 aliphatic rings. The molecule has 0 aromatic heterocycles. The average Bonchev–Trinajstić information content (AvgIpc) is 2.39. The Kier molecular flexibility index (Phi) is 5.64. The van der Waals surface area contributed by atoms with Gasteiger partial charge in [0.15, 0.2) is 0 Å². The van der Waals surface area contributed by atoms with Crippen LogP contribution in [-0.2, 0) is 6.42 Å². The third-order valence-electron chi connectivity index (χ3n) is 3.02. The first kappa shape index (κ1) is 14.5. The van der Waals surface area contributed by atoms with Crippen molar-refractivity contribution in [3.05, 3.63) is 59.2 Å². The molecule has 0 aliphatic heterocycles. The Bertz CT molecular complexity index is 533. The van der Waals surface area contributed by atoms with E-state index in [1.165, 1.54) is 27.5 Å². The van der Waals surface area contributed by atoms with E-state index in [-0.39, 0.29) is 0 Å². The first-order chi connectivity index (χ1) is 8.70. The maximum absolute atomic E-state index is 2.31. The van der Waals surface area contributed by atoms with E-state index in [0.717, 1.165) is 6.42 Å². The van der Waals surface area contributed by atoms with Gasteiger partial charge in [-0.05, 0) is 49.1 Å². The van der Waals surface area contributed by atoms with Gasteiger partial charge in [-0.3, -0.25) is 0 Å². The number of benzene rings is 2. The predicted octanol–water partition coefficient (Wildman–Crippen LogP) is 5.60. The van der Waals surface area contributed by atoms with Gasteiger partial charge < -0.3 is 0 Å². The van der Waals surface area contributed by atoms with Crippen LogP contribution < -0.4 is 0 Å². The van der Waals surface area contributed by atoms with Crippen LogP contribution >= 0.6 is 0 Å². The van der Waals surface area contributed by atoms with Crippen LogP contribution in [0.5, 0.6) is 0 Å². The van der Waals surface area contributed by atoms with Gasteiger partial charge in [0, 0.05) is 0 Å². The van der Waals surface area contributed by atoms with Gasteiger partial charge in [-0.25, -0.2) is 0 Å². The SMILES string of the molecule is C/C=C\Cc1cc2ccc(C)cc2cc1C.CC. The number of hydrogen-bond donors (Lipinski definition) is 0. The summed E-state index contributed by atoms with van der Waals surface area (Å²) in [5.41, 5.74) is 4.14. The molecule has 0 fully saturated rings. The molecule has 0 bridgehead atoms. The molecular weight excluding hydrogens is 216 g/mol. The monoisotopic (exact) mass is 240 g/mol. The van der Waals surface area contributed by atoms with E-state index < -0.39 is 0 Å². The van der Waals surface area contributed by atoms with Gasteiger partial charge in [0.05, 0.1) is 0 Å². The van der Waals surface area contributed by atoms with Crippen molar-refractivity contribution in [1.82, 2.24) is 0 Å². The molecule has 0 saturated carbocycles. The number of aryl methyl sites for hydroxylation is 2. The third-order valence-corrected chi connectivity index (χ3v) is 3.02. The van der Waals surface area contributed by atoms with Crippen molar-refractivity contribution in [1.29, 1.82) is 0 Å².